The highest BCUT2D eigenvalue weighted by Crippen LogP contribution is 2.23. The summed E-state index contributed by atoms with van der Waals surface area (Å²) < 4.78 is 0. The SMILES string of the molecule is Cc1nccnc1N(C)c1cccc(C(N)=S)c1. The van der Waals surface area contributed by atoms with Gasteiger partial charge < -0.3 is 10.6 Å². The van der Waals surface area contributed by atoms with Gasteiger partial charge in [0.05, 0.1) is 5.69 Å². The lowest BCUT2D eigenvalue weighted by atomic mass is 10.2. The molecular weight excluding hydrogens is 244 g/mol. The standard InChI is InChI=1S/C13H14N4S/c1-9-13(16-7-6-15-9)17(2)11-5-3-4-10(8-11)12(14)18/h3-8H,1-2H3,(H2,14,18). The third kappa shape index (κ3) is 2.46. The summed E-state index contributed by atoms with van der Waals surface area (Å²) in [5.41, 5.74) is 8.33. The highest BCUT2D eigenvalue weighted by molar-refractivity contribution is 7.80. The molecule has 1 aromatic heterocycles. The van der Waals surface area contributed by atoms with Crippen molar-refractivity contribution in [3.63, 3.8) is 0 Å². The molecule has 0 bridgehead atoms. The van der Waals surface area contributed by atoms with Crippen LogP contribution in [0.1, 0.15) is 11.3 Å². The first kappa shape index (κ1) is 12.4. The molecule has 0 unspecified atom stereocenters. The van der Waals surface area contributed by atoms with Gasteiger partial charge in [-0.1, -0.05) is 24.4 Å². The first-order chi connectivity index (χ1) is 8.59. The third-order valence-electron chi connectivity index (χ3n) is 2.69. The Bertz CT molecular complexity index is 583. The van der Waals surface area contributed by atoms with Gasteiger partial charge in [0.25, 0.3) is 0 Å². The smallest absolute Gasteiger partial charge is 0.154 e. The lowest BCUT2D eigenvalue weighted by Crippen LogP contribution is -2.15. The molecule has 0 fully saturated rings. The number of hydrogen-bond donors (Lipinski definition) is 1. The normalized spacial score (nSPS) is 10.1. The number of anilines is 2. The molecule has 0 amide bonds. The van der Waals surface area contributed by atoms with E-state index in [0.717, 1.165) is 22.8 Å². The van der Waals surface area contributed by atoms with Crippen molar-refractivity contribution in [2.24, 2.45) is 5.73 Å². The number of nitrogens with two attached hydrogens (primary N) is 1. The van der Waals surface area contributed by atoms with E-state index >= 15 is 0 Å². The van der Waals surface area contributed by atoms with Crippen LogP contribution in [0.4, 0.5) is 11.5 Å². The molecule has 0 aliphatic heterocycles. The summed E-state index contributed by atoms with van der Waals surface area (Å²) in [6.07, 6.45) is 3.36. The van der Waals surface area contributed by atoms with Gasteiger partial charge >= 0.3 is 0 Å². The number of thiocarbonyl (C=S) groups is 1. The van der Waals surface area contributed by atoms with E-state index < -0.39 is 0 Å². The zero-order valence-corrected chi connectivity index (χ0v) is 11.1. The summed E-state index contributed by atoms with van der Waals surface area (Å²) in [5.74, 6) is 0.817. The van der Waals surface area contributed by atoms with E-state index in [1.807, 2.05) is 43.1 Å². The highest BCUT2D eigenvalue weighted by atomic mass is 32.1. The van der Waals surface area contributed by atoms with Crippen molar-refractivity contribution in [1.82, 2.24) is 9.97 Å². The summed E-state index contributed by atoms with van der Waals surface area (Å²) in [7, 11) is 1.94. The Labute approximate surface area is 111 Å². The number of aryl methyl sites for hydroxylation is 1. The Balaban J connectivity index is 2.40. The maximum atomic E-state index is 5.64. The Kier molecular flexibility index (Phi) is 3.53. The molecule has 92 valence electrons. The maximum Gasteiger partial charge on any atom is 0.154 e. The minimum Gasteiger partial charge on any atom is -0.389 e. The van der Waals surface area contributed by atoms with Crippen LogP contribution in [0, 0.1) is 6.92 Å². The number of hydrogen-bond acceptors (Lipinski definition) is 4. The minimum absolute atomic E-state index is 0.390. The lowest BCUT2D eigenvalue weighted by Gasteiger charge is -2.20. The van der Waals surface area contributed by atoms with E-state index in [1.165, 1.54) is 0 Å². The van der Waals surface area contributed by atoms with Gasteiger partial charge in [0.1, 0.15) is 4.99 Å². The molecule has 2 N–H and O–H groups in total. The molecule has 1 aromatic carbocycles. The quantitative estimate of drug-likeness (QED) is 0.855. The average Bonchev–Trinajstić information content (AvgIpc) is 2.38. The molecule has 0 saturated heterocycles. The molecule has 2 aromatic rings. The van der Waals surface area contributed by atoms with Crippen LogP contribution in [0.25, 0.3) is 0 Å². The van der Waals surface area contributed by atoms with Gasteiger partial charge in [-0.2, -0.15) is 0 Å². The van der Waals surface area contributed by atoms with Crippen LogP contribution in [0.5, 0.6) is 0 Å². The molecule has 0 aliphatic carbocycles. The first-order valence-electron chi connectivity index (χ1n) is 5.51. The summed E-state index contributed by atoms with van der Waals surface area (Å²) in [4.78, 5) is 10.9. The molecule has 18 heavy (non-hydrogen) atoms. The van der Waals surface area contributed by atoms with Crippen LogP contribution in [-0.4, -0.2) is 22.0 Å². The van der Waals surface area contributed by atoms with E-state index in [9.17, 15) is 0 Å². The van der Waals surface area contributed by atoms with Gasteiger partial charge in [0.15, 0.2) is 5.82 Å². The van der Waals surface area contributed by atoms with Gasteiger partial charge in [-0.3, -0.25) is 4.98 Å². The molecule has 0 aliphatic rings. The van der Waals surface area contributed by atoms with Crippen molar-refractivity contribution in [3.8, 4) is 0 Å². The van der Waals surface area contributed by atoms with E-state index in [0.29, 0.717) is 4.99 Å². The summed E-state index contributed by atoms with van der Waals surface area (Å²) in [6.45, 7) is 1.93. The van der Waals surface area contributed by atoms with Gasteiger partial charge in [-0.25, -0.2) is 4.98 Å². The van der Waals surface area contributed by atoms with Gasteiger partial charge in [0, 0.05) is 30.7 Å². The predicted molar refractivity (Wildman–Crippen MR) is 77.2 cm³/mol. The Morgan fingerprint density at radius 1 is 1.28 bits per heavy atom. The number of benzene rings is 1. The number of rotatable bonds is 3. The lowest BCUT2D eigenvalue weighted by molar-refractivity contribution is 1.04. The van der Waals surface area contributed by atoms with E-state index in [-0.39, 0.29) is 0 Å². The maximum absolute atomic E-state index is 5.64. The second-order valence-electron chi connectivity index (χ2n) is 3.94. The molecule has 0 atom stereocenters. The zero-order chi connectivity index (χ0) is 13.1. The Hall–Kier alpha value is -2.01. The van der Waals surface area contributed by atoms with Crippen molar-refractivity contribution >= 4 is 28.7 Å². The van der Waals surface area contributed by atoms with Crippen molar-refractivity contribution in [1.29, 1.82) is 0 Å². The molecule has 0 radical (unpaired) electrons. The van der Waals surface area contributed by atoms with E-state index in [2.05, 4.69) is 9.97 Å². The van der Waals surface area contributed by atoms with Crippen molar-refractivity contribution < 1.29 is 0 Å². The highest BCUT2D eigenvalue weighted by Gasteiger charge is 2.09. The molecule has 1 heterocycles. The van der Waals surface area contributed by atoms with Gasteiger partial charge in [-0.15, -0.1) is 0 Å². The first-order valence-corrected chi connectivity index (χ1v) is 5.91. The van der Waals surface area contributed by atoms with E-state index in [1.54, 1.807) is 12.4 Å². The Morgan fingerprint density at radius 2 is 2.00 bits per heavy atom. The van der Waals surface area contributed by atoms with Crippen LogP contribution in [0.2, 0.25) is 0 Å². The van der Waals surface area contributed by atoms with Crippen molar-refractivity contribution in [2.45, 2.75) is 6.92 Å². The predicted octanol–water partition coefficient (Wildman–Crippen LogP) is 2.19. The molecule has 2 rings (SSSR count). The third-order valence-corrected chi connectivity index (χ3v) is 2.93. The molecular formula is C13H14N4S. The van der Waals surface area contributed by atoms with Crippen molar-refractivity contribution in [3.05, 3.63) is 47.9 Å². The number of aromatic nitrogens is 2. The van der Waals surface area contributed by atoms with Gasteiger partial charge in [0.2, 0.25) is 0 Å². The van der Waals surface area contributed by atoms with Crippen LogP contribution < -0.4 is 10.6 Å². The van der Waals surface area contributed by atoms with E-state index in [4.69, 9.17) is 18.0 Å². The monoisotopic (exact) mass is 258 g/mol. The van der Waals surface area contributed by atoms with Crippen LogP contribution in [-0.2, 0) is 0 Å². The second-order valence-corrected chi connectivity index (χ2v) is 4.38. The molecule has 0 saturated carbocycles. The average molecular weight is 258 g/mol. The fourth-order valence-corrected chi connectivity index (χ4v) is 1.85. The molecule has 0 spiro atoms. The zero-order valence-electron chi connectivity index (χ0n) is 10.3. The van der Waals surface area contributed by atoms with Crippen molar-refractivity contribution in [2.75, 3.05) is 11.9 Å². The molecule has 5 heteroatoms. The Morgan fingerprint density at radius 3 is 2.67 bits per heavy atom. The van der Waals surface area contributed by atoms with Crippen LogP contribution in [0.15, 0.2) is 36.7 Å². The van der Waals surface area contributed by atoms with Gasteiger partial charge in [-0.05, 0) is 19.1 Å². The minimum atomic E-state index is 0.390. The van der Waals surface area contributed by atoms with Crippen LogP contribution in [0.3, 0.4) is 0 Å². The molecule has 4 nitrogen and oxygen atoms in total. The summed E-state index contributed by atoms with van der Waals surface area (Å²) >= 11 is 4.98. The van der Waals surface area contributed by atoms with Crippen LogP contribution >= 0.6 is 12.2 Å². The summed E-state index contributed by atoms with van der Waals surface area (Å²) in [5, 5.41) is 0. The summed E-state index contributed by atoms with van der Waals surface area (Å²) in [6, 6.07) is 7.74. The largest absolute Gasteiger partial charge is 0.389 e. The fraction of sp³-hybridized carbons (Fsp3) is 0.154. The topological polar surface area (TPSA) is 55.0 Å². The second kappa shape index (κ2) is 5.10. The fourth-order valence-electron chi connectivity index (χ4n) is 1.72. The number of nitrogens with zero attached hydrogens (tertiary/aromatic N) is 3.